The molecule has 4 nitrogen and oxygen atoms in total. The second-order valence-electron chi connectivity index (χ2n) is 4.49. The van der Waals surface area contributed by atoms with E-state index in [1.807, 2.05) is 11.8 Å². The van der Waals surface area contributed by atoms with Crippen LogP contribution in [0.4, 0.5) is 5.82 Å². The predicted molar refractivity (Wildman–Crippen MR) is 95.0 cm³/mol. The Labute approximate surface area is 135 Å². The predicted octanol–water partition coefficient (Wildman–Crippen LogP) is 4.35. The molecule has 0 aliphatic carbocycles. The van der Waals surface area contributed by atoms with E-state index in [2.05, 4.69) is 45.2 Å². The van der Waals surface area contributed by atoms with Crippen LogP contribution in [-0.2, 0) is 5.75 Å². The number of nitrogen functional groups attached to an aromatic ring is 1. The molecule has 0 radical (unpaired) electrons. The van der Waals surface area contributed by atoms with Crippen LogP contribution >= 0.6 is 34.4 Å². The first-order valence-electron chi connectivity index (χ1n) is 6.69. The molecule has 3 rings (SSSR count). The number of hydrazine groups is 1. The van der Waals surface area contributed by atoms with Crippen LogP contribution in [0.3, 0.4) is 0 Å². The zero-order valence-electron chi connectivity index (χ0n) is 11.6. The summed E-state index contributed by atoms with van der Waals surface area (Å²) in [6.07, 6.45) is 1.16. The van der Waals surface area contributed by atoms with Crippen molar-refractivity contribution in [3.63, 3.8) is 0 Å². The van der Waals surface area contributed by atoms with E-state index in [1.165, 1.54) is 4.88 Å². The third-order valence-electron chi connectivity index (χ3n) is 2.98. The lowest BCUT2D eigenvalue weighted by atomic mass is 10.2. The molecule has 3 N–H and O–H groups in total. The van der Waals surface area contributed by atoms with Crippen molar-refractivity contribution in [1.29, 1.82) is 0 Å². The monoisotopic (exact) mass is 336 g/mol. The molecule has 0 fully saturated rings. The van der Waals surface area contributed by atoms with E-state index in [4.69, 9.17) is 5.84 Å². The van der Waals surface area contributed by atoms with Crippen LogP contribution in [0.5, 0.6) is 0 Å². The van der Waals surface area contributed by atoms with Crippen LogP contribution in [0.2, 0.25) is 0 Å². The van der Waals surface area contributed by atoms with Crippen molar-refractivity contribution in [2.24, 2.45) is 5.84 Å². The van der Waals surface area contributed by atoms with Crippen molar-refractivity contribution >= 4 is 50.5 Å². The molecule has 0 bridgehead atoms. The molecule has 3 aromatic heterocycles. The van der Waals surface area contributed by atoms with Gasteiger partial charge >= 0.3 is 0 Å². The van der Waals surface area contributed by atoms with Crippen LogP contribution in [0, 0.1) is 0 Å². The average Bonchev–Trinajstić information content (AvgIpc) is 3.15. The van der Waals surface area contributed by atoms with Crippen molar-refractivity contribution < 1.29 is 0 Å². The first-order valence-corrected chi connectivity index (χ1v) is 9.61. The van der Waals surface area contributed by atoms with Gasteiger partial charge in [0.2, 0.25) is 0 Å². The fourth-order valence-corrected chi connectivity index (χ4v) is 4.60. The van der Waals surface area contributed by atoms with Crippen LogP contribution in [0.25, 0.3) is 20.7 Å². The van der Waals surface area contributed by atoms with Crippen LogP contribution in [0.15, 0.2) is 22.9 Å². The first kappa shape index (κ1) is 14.8. The summed E-state index contributed by atoms with van der Waals surface area (Å²) in [5.74, 6) is 9.19. The Kier molecular flexibility index (Phi) is 4.74. The lowest BCUT2D eigenvalue weighted by molar-refractivity contribution is 1.05. The molecule has 3 aromatic rings. The van der Waals surface area contributed by atoms with Gasteiger partial charge in [0.1, 0.15) is 10.7 Å². The second kappa shape index (κ2) is 6.74. The summed E-state index contributed by atoms with van der Waals surface area (Å²) in [7, 11) is 0. The van der Waals surface area contributed by atoms with Gasteiger partial charge in [-0.05, 0) is 23.6 Å². The van der Waals surface area contributed by atoms with Crippen molar-refractivity contribution in [1.82, 2.24) is 9.97 Å². The van der Waals surface area contributed by atoms with Gasteiger partial charge in [-0.25, -0.2) is 15.8 Å². The number of anilines is 1. The van der Waals surface area contributed by atoms with Gasteiger partial charge in [0, 0.05) is 15.8 Å². The number of aromatic nitrogens is 2. The highest BCUT2D eigenvalue weighted by atomic mass is 32.2. The summed E-state index contributed by atoms with van der Waals surface area (Å²) < 4.78 is 0. The molecule has 0 aromatic carbocycles. The Bertz CT molecular complexity index is 721. The summed E-state index contributed by atoms with van der Waals surface area (Å²) in [5.41, 5.74) is 3.90. The van der Waals surface area contributed by atoms with Crippen LogP contribution < -0.4 is 11.3 Å². The minimum absolute atomic E-state index is 0.719. The van der Waals surface area contributed by atoms with Crippen LogP contribution in [-0.4, -0.2) is 15.7 Å². The molecule has 7 heteroatoms. The second-order valence-corrected chi connectivity index (χ2v) is 7.40. The Morgan fingerprint density at radius 2 is 2.24 bits per heavy atom. The van der Waals surface area contributed by atoms with E-state index < -0.39 is 0 Å². The molecular weight excluding hydrogens is 320 g/mol. The minimum Gasteiger partial charge on any atom is -0.308 e. The molecule has 0 aliphatic heterocycles. The number of nitrogens with two attached hydrogens (primary N) is 1. The van der Waals surface area contributed by atoms with Crippen molar-refractivity contribution in [2.75, 3.05) is 11.2 Å². The maximum Gasteiger partial charge on any atom is 0.153 e. The first-order chi connectivity index (χ1) is 10.3. The molecule has 0 unspecified atom stereocenters. The Balaban J connectivity index is 2.02. The quantitative estimate of drug-likeness (QED) is 0.398. The summed E-state index contributed by atoms with van der Waals surface area (Å²) >= 11 is 5.21. The number of thioether (sulfide) groups is 1. The van der Waals surface area contributed by atoms with Gasteiger partial charge in [-0.3, -0.25) is 0 Å². The highest BCUT2D eigenvalue weighted by molar-refractivity contribution is 7.98. The van der Waals surface area contributed by atoms with E-state index in [0.29, 0.717) is 0 Å². The molecule has 0 amide bonds. The Morgan fingerprint density at radius 1 is 1.33 bits per heavy atom. The summed E-state index contributed by atoms with van der Waals surface area (Å²) in [6.45, 7) is 2.18. The molecule has 21 heavy (non-hydrogen) atoms. The van der Waals surface area contributed by atoms with Gasteiger partial charge in [0.15, 0.2) is 5.82 Å². The lowest BCUT2D eigenvalue weighted by Crippen LogP contribution is -2.10. The zero-order valence-corrected chi connectivity index (χ0v) is 14.1. The van der Waals surface area contributed by atoms with Crippen LogP contribution in [0.1, 0.15) is 19.2 Å². The van der Waals surface area contributed by atoms with Gasteiger partial charge in [-0.2, -0.15) is 11.8 Å². The van der Waals surface area contributed by atoms with E-state index in [1.54, 1.807) is 22.7 Å². The van der Waals surface area contributed by atoms with Crippen molar-refractivity contribution in [3.8, 4) is 10.4 Å². The maximum absolute atomic E-state index is 5.68. The molecular formula is C14H16N4S3. The van der Waals surface area contributed by atoms with E-state index in [9.17, 15) is 0 Å². The van der Waals surface area contributed by atoms with Gasteiger partial charge in [0.05, 0.1) is 11.1 Å². The maximum atomic E-state index is 5.68. The number of hydrogen-bond donors (Lipinski definition) is 2. The van der Waals surface area contributed by atoms with Crippen molar-refractivity contribution in [2.45, 2.75) is 19.1 Å². The number of nitrogens with zero attached hydrogens (tertiary/aromatic N) is 2. The standard InChI is InChI=1S/C14H16N4S3/c1-2-5-19-8-11-16-13(18-15)12-9(7-21-14(12)17-11)10-4-3-6-20-10/h3-4,6-7H,2,5,8,15H2,1H3,(H,16,17,18). The minimum atomic E-state index is 0.719. The SMILES string of the molecule is CCCSCc1nc(NN)c2c(-c3cccs3)csc2n1. The molecule has 0 saturated heterocycles. The number of fused-ring (bicyclic) bond motifs is 1. The molecule has 110 valence electrons. The van der Waals surface area contributed by atoms with Gasteiger partial charge in [0.25, 0.3) is 0 Å². The normalized spacial score (nSPS) is 11.1. The average molecular weight is 337 g/mol. The van der Waals surface area contributed by atoms with Gasteiger partial charge in [-0.15, -0.1) is 22.7 Å². The Hall–Kier alpha value is -1.15. The lowest BCUT2D eigenvalue weighted by Gasteiger charge is -2.06. The van der Waals surface area contributed by atoms with Crippen molar-refractivity contribution in [3.05, 3.63) is 28.7 Å². The van der Waals surface area contributed by atoms with E-state index >= 15 is 0 Å². The summed E-state index contributed by atoms with van der Waals surface area (Å²) in [4.78, 5) is 11.5. The fourth-order valence-electron chi connectivity index (χ4n) is 2.08. The summed E-state index contributed by atoms with van der Waals surface area (Å²) in [5, 5.41) is 5.23. The highest BCUT2D eigenvalue weighted by Gasteiger charge is 2.15. The third kappa shape index (κ3) is 3.06. The summed E-state index contributed by atoms with van der Waals surface area (Å²) in [6, 6.07) is 4.16. The topological polar surface area (TPSA) is 63.8 Å². The fraction of sp³-hybridized carbons (Fsp3) is 0.286. The molecule has 0 spiro atoms. The van der Waals surface area contributed by atoms with E-state index in [-0.39, 0.29) is 0 Å². The number of rotatable bonds is 6. The zero-order chi connectivity index (χ0) is 14.7. The largest absolute Gasteiger partial charge is 0.308 e. The van der Waals surface area contributed by atoms with Gasteiger partial charge in [-0.1, -0.05) is 13.0 Å². The Morgan fingerprint density at radius 3 is 2.95 bits per heavy atom. The molecule has 0 atom stereocenters. The van der Waals surface area contributed by atoms with Gasteiger partial charge < -0.3 is 5.43 Å². The van der Waals surface area contributed by atoms with E-state index in [0.717, 1.165) is 45.3 Å². The number of hydrogen-bond acceptors (Lipinski definition) is 7. The smallest absolute Gasteiger partial charge is 0.153 e. The number of nitrogens with one attached hydrogen (secondary N) is 1. The molecule has 3 heterocycles. The third-order valence-corrected chi connectivity index (χ3v) is 5.92. The molecule has 0 saturated carbocycles. The number of thiophene rings is 2. The molecule has 0 aliphatic rings. The highest BCUT2D eigenvalue weighted by Crippen LogP contribution is 2.38.